The lowest BCUT2D eigenvalue weighted by molar-refractivity contribution is -0.114. The minimum atomic E-state index is 0.0180. The molecule has 0 saturated carbocycles. The zero-order valence-electron chi connectivity index (χ0n) is 7.29. The van der Waals surface area contributed by atoms with Gasteiger partial charge >= 0.3 is 0 Å². The molecule has 0 bridgehead atoms. The van der Waals surface area contributed by atoms with Crippen molar-refractivity contribution in [3.63, 3.8) is 0 Å². The standard InChI is InChI=1S/C10H7N3O/c14-10-3-5-13(10)8-1-2-9-11-4-6-12(9)7-8/h1-7H. The molecule has 68 valence electrons. The lowest BCUT2D eigenvalue weighted by atomic mass is 10.3. The Balaban J connectivity index is 2.14. The molecule has 0 spiro atoms. The normalized spacial score (nSPS) is 14.9. The van der Waals surface area contributed by atoms with Gasteiger partial charge in [0.05, 0.1) is 5.69 Å². The highest BCUT2D eigenvalue weighted by molar-refractivity contribution is 6.09. The van der Waals surface area contributed by atoms with Crippen molar-refractivity contribution in [2.24, 2.45) is 0 Å². The van der Waals surface area contributed by atoms with E-state index in [9.17, 15) is 4.79 Å². The molecule has 4 heteroatoms. The molecule has 0 atom stereocenters. The van der Waals surface area contributed by atoms with Crippen LogP contribution in [0.5, 0.6) is 0 Å². The lowest BCUT2D eigenvalue weighted by Gasteiger charge is -2.22. The molecule has 3 rings (SSSR count). The van der Waals surface area contributed by atoms with Crippen molar-refractivity contribution in [2.45, 2.75) is 0 Å². The Labute approximate surface area is 80.1 Å². The van der Waals surface area contributed by atoms with Gasteiger partial charge in [0.15, 0.2) is 0 Å². The first-order valence-corrected chi connectivity index (χ1v) is 4.29. The molecular weight excluding hydrogens is 178 g/mol. The van der Waals surface area contributed by atoms with Crippen LogP contribution in [0.25, 0.3) is 5.65 Å². The molecule has 1 amide bonds. The first-order chi connectivity index (χ1) is 6.84. The number of hydrogen-bond acceptors (Lipinski definition) is 2. The van der Waals surface area contributed by atoms with E-state index in [0.29, 0.717) is 0 Å². The van der Waals surface area contributed by atoms with Crippen molar-refractivity contribution in [3.8, 4) is 0 Å². The maximum atomic E-state index is 11.1. The summed E-state index contributed by atoms with van der Waals surface area (Å²) >= 11 is 0. The van der Waals surface area contributed by atoms with Gasteiger partial charge in [0.2, 0.25) is 0 Å². The number of aromatic nitrogens is 2. The topological polar surface area (TPSA) is 37.6 Å². The minimum absolute atomic E-state index is 0.0180. The van der Waals surface area contributed by atoms with Gasteiger partial charge in [-0.25, -0.2) is 4.98 Å². The van der Waals surface area contributed by atoms with Gasteiger partial charge in [-0.1, -0.05) is 0 Å². The van der Waals surface area contributed by atoms with Crippen molar-refractivity contribution in [2.75, 3.05) is 4.90 Å². The van der Waals surface area contributed by atoms with Gasteiger partial charge in [-0.05, 0) is 12.1 Å². The number of nitrogens with zero attached hydrogens (tertiary/aromatic N) is 3. The van der Waals surface area contributed by atoms with Crippen LogP contribution in [0.1, 0.15) is 0 Å². The van der Waals surface area contributed by atoms with Crippen LogP contribution in [-0.4, -0.2) is 15.3 Å². The molecule has 1 aliphatic heterocycles. The van der Waals surface area contributed by atoms with Crippen LogP contribution in [0, 0.1) is 0 Å². The van der Waals surface area contributed by atoms with Gasteiger partial charge < -0.3 is 4.40 Å². The monoisotopic (exact) mass is 185 g/mol. The number of carbonyl (C=O) groups excluding carboxylic acids is 1. The number of carbonyl (C=O) groups is 1. The molecule has 14 heavy (non-hydrogen) atoms. The predicted octanol–water partition coefficient (Wildman–Crippen LogP) is 1.19. The van der Waals surface area contributed by atoms with Gasteiger partial charge in [-0.2, -0.15) is 0 Å². The third kappa shape index (κ3) is 0.877. The van der Waals surface area contributed by atoms with E-state index < -0.39 is 0 Å². The summed E-state index contributed by atoms with van der Waals surface area (Å²) in [6.07, 6.45) is 8.75. The smallest absolute Gasteiger partial charge is 0.256 e. The zero-order chi connectivity index (χ0) is 9.54. The van der Waals surface area contributed by atoms with Gasteiger partial charge in [0, 0.05) is 30.9 Å². The fourth-order valence-electron chi connectivity index (χ4n) is 1.47. The minimum Gasteiger partial charge on any atom is -0.305 e. The molecule has 0 aliphatic carbocycles. The Bertz CT molecular complexity index is 541. The number of rotatable bonds is 1. The molecule has 0 radical (unpaired) electrons. The molecule has 3 heterocycles. The van der Waals surface area contributed by atoms with Gasteiger partial charge in [-0.15, -0.1) is 0 Å². The molecule has 0 N–H and O–H groups in total. The second-order valence-corrected chi connectivity index (χ2v) is 3.10. The maximum Gasteiger partial charge on any atom is 0.256 e. The third-order valence-corrected chi connectivity index (χ3v) is 2.25. The van der Waals surface area contributed by atoms with Crippen molar-refractivity contribution < 1.29 is 4.79 Å². The summed E-state index contributed by atoms with van der Waals surface area (Å²) in [5.41, 5.74) is 1.74. The zero-order valence-corrected chi connectivity index (χ0v) is 7.29. The van der Waals surface area contributed by atoms with E-state index in [4.69, 9.17) is 0 Å². The molecule has 0 aromatic carbocycles. The van der Waals surface area contributed by atoms with Gasteiger partial charge in [-0.3, -0.25) is 9.69 Å². The average molecular weight is 185 g/mol. The summed E-state index contributed by atoms with van der Waals surface area (Å²) in [4.78, 5) is 16.8. The number of imidazole rings is 1. The second kappa shape index (κ2) is 2.45. The van der Waals surface area contributed by atoms with E-state index >= 15 is 0 Å². The van der Waals surface area contributed by atoms with Crippen LogP contribution in [0.2, 0.25) is 0 Å². The molecule has 0 saturated heterocycles. The van der Waals surface area contributed by atoms with Crippen LogP contribution in [0.15, 0.2) is 43.0 Å². The van der Waals surface area contributed by atoms with E-state index in [1.807, 2.05) is 28.9 Å². The highest BCUT2D eigenvalue weighted by Crippen LogP contribution is 2.20. The van der Waals surface area contributed by atoms with Crippen molar-refractivity contribution in [1.29, 1.82) is 0 Å². The lowest BCUT2D eigenvalue weighted by Crippen LogP contribution is -2.30. The van der Waals surface area contributed by atoms with E-state index in [-0.39, 0.29) is 5.91 Å². The van der Waals surface area contributed by atoms with Gasteiger partial charge in [0.25, 0.3) is 5.91 Å². The SMILES string of the molecule is O=C1C=CN1c1ccc2nccn2c1. The molecule has 1 aliphatic rings. The summed E-state index contributed by atoms with van der Waals surface area (Å²) in [5.74, 6) is 0.0180. The quantitative estimate of drug-likeness (QED) is 0.669. The number of anilines is 1. The summed E-state index contributed by atoms with van der Waals surface area (Å²) in [5, 5.41) is 0. The number of hydrogen-bond donors (Lipinski definition) is 0. The molecule has 0 unspecified atom stereocenters. The fourth-order valence-corrected chi connectivity index (χ4v) is 1.47. The van der Waals surface area contributed by atoms with Crippen molar-refractivity contribution in [3.05, 3.63) is 43.0 Å². The first-order valence-electron chi connectivity index (χ1n) is 4.29. The average Bonchev–Trinajstić information content (AvgIpc) is 2.62. The molecular formula is C10H7N3O. The van der Waals surface area contributed by atoms with Crippen LogP contribution in [0.3, 0.4) is 0 Å². The fraction of sp³-hybridized carbons (Fsp3) is 0. The van der Waals surface area contributed by atoms with Crippen molar-refractivity contribution in [1.82, 2.24) is 9.38 Å². The number of fused-ring (bicyclic) bond motifs is 1. The largest absolute Gasteiger partial charge is 0.305 e. The van der Waals surface area contributed by atoms with Crippen LogP contribution >= 0.6 is 0 Å². The summed E-state index contributed by atoms with van der Waals surface area (Å²) < 4.78 is 1.88. The van der Waals surface area contributed by atoms with E-state index in [1.165, 1.54) is 6.08 Å². The van der Waals surface area contributed by atoms with Crippen LogP contribution in [-0.2, 0) is 4.79 Å². The molecule has 4 nitrogen and oxygen atoms in total. The van der Waals surface area contributed by atoms with E-state index in [0.717, 1.165) is 11.3 Å². The number of pyridine rings is 1. The second-order valence-electron chi connectivity index (χ2n) is 3.10. The predicted molar refractivity (Wildman–Crippen MR) is 51.8 cm³/mol. The van der Waals surface area contributed by atoms with Crippen LogP contribution in [0.4, 0.5) is 5.69 Å². The van der Waals surface area contributed by atoms with Gasteiger partial charge in [0.1, 0.15) is 5.65 Å². The third-order valence-electron chi connectivity index (χ3n) is 2.25. The maximum absolute atomic E-state index is 11.1. The summed E-state index contributed by atoms with van der Waals surface area (Å²) in [6, 6.07) is 3.76. The highest BCUT2D eigenvalue weighted by atomic mass is 16.2. The van der Waals surface area contributed by atoms with Crippen molar-refractivity contribution >= 4 is 17.2 Å². The Morgan fingerprint density at radius 1 is 1.29 bits per heavy atom. The summed E-state index contributed by atoms with van der Waals surface area (Å²) in [7, 11) is 0. The Kier molecular flexibility index (Phi) is 1.28. The Morgan fingerprint density at radius 3 is 2.93 bits per heavy atom. The molecule has 2 aromatic heterocycles. The first kappa shape index (κ1) is 7.32. The molecule has 0 fully saturated rings. The highest BCUT2D eigenvalue weighted by Gasteiger charge is 2.17. The van der Waals surface area contributed by atoms with E-state index in [2.05, 4.69) is 4.98 Å². The van der Waals surface area contributed by atoms with Crippen LogP contribution < -0.4 is 4.90 Å². The Hall–Kier alpha value is -2.10. The van der Waals surface area contributed by atoms with E-state index in [1.54, 1.807) is 17.3 Å². The Morgan fingerprint density at radius 2 is 2.21 bits per heavy atom. The summed E-state index contributed by atoms with van der Waals surface area (Å²) in [6.45, 7) is 0. The molecule has 2 aromatic rings. The number of amides is 1.